The summed E-state index contributed by atoms with van der Waals surface area (Å²) >= 11 is 0. The van der Waals surface area contributed by atoms with Gasteiger partial charge in [0.25, 0.3) is 0 Å². The highest BCUT2D eigenvalue weighted by atomic mass is 16.5. The molecule has 1 unspecified atom stereocenters. The van der Waals surface area contributed by atoms with Crippen molar-refractivity contribution in [2.45, 2.75) is 45.9 Å². The Bertz CT molecular complexity index is 375. The Morgan fingerprint density at radius 3 is 2.95 bits per heavy atom. The highest BCUT2D eigenvalue weighted by Gasteiger charge is 2.16. The van der Waals surface area contributed by atoms with Gasteiger partial charge >= 0.3 is 0 Å². The van der Waals surface area contributed by atoms with Crippen molar-refractivity contribution in [1.82, 2.24) is 5.32 Å². The number of hydrogen-bond donors (Lipinski definition) is 1. The highest BCUT2D eigenvalue weighted by Crippen LogP contribution is 2.16. The topological polar surface area (TPSA) is 43.6 Å². The maximum atomic E-state index is 5.77. The molecular formula is C15H25NO3. The maximum Gasteiger partial charge on any atom is 0.123 e. The fourth-order valence-electron chi connectivity index (χ4n) is 2.05. The largest absolute Gasteiger partial charge is 0.468 e. The molecule has 1 aliphatic heterocycles. The lowest BCUT2D eigenvalue weighted by Gasteiger charge is -2.20. The van der Waals surface area contributed by atoms with E-state index in [-0.39, 0.29) is 5.54 Å². The number of rotatable bonds is 6. The average molecular weight is 267 g/mol. The summed E-state index contributed by atoms with van der Waals surface area (Å²) in [5.74, 6) is 1.53. The standard InChI is InChI=1S/C15H25NO3/c1-15(2,3)16-8-14-13(5-7-19-14)11-18-10-12-4-6-17-9-12/h5,7,12,16H,4,6,8-11H2,1-3H3. The summed E-state index contributed by atoms with van der Waals surface area (Å²) in [6.07, 6.45) is 2.85. The molecule has 0 radical (unpaired) electrons. The van der Waals surface area contributed by atoms with Gasteiger partial charge in [0.15, 0.2) is 0 Å². The Kier molecular flexibility index (Phi) is 5.02. The molecule has 1 fully saturated rings. The molecular weight excluding hydrogens is 242 g/mol. The normalized spacial score (nSPS) is 20.1. The molecule has 19 heavy (non-hydrogen) atoms. The minimum atomic E-state index is 0.0894. The van der Waals surface area contributed by atoms with Gasteiger partial charge in [-0.2, -0.15) is 0 Å². The molecule has 0 bridgehead atoms. The van der Waals surface area contributed by atoms with Crippen LogP contribution in [0.3, 0.4) is 0 Å². The van der Waals surface area contributed by atoms with Gasteiger partial charge < -0.3 is 19.2 Å². The van der Waals surface area contributed by atoms with E-state index in [1.807, 2.05) is 6.07 Å². The molecule has 1 saturated heterocycles. The van der Waals surface area contributed by atoms with E-state index in [0.717, 1.165) is 44.1 Å². The van der Waals surface area contributed by atoms with E-state index in [2.05, 4.69) is 26.1 Å². The van der Waals surface area contributed by atoms with Crippen LogP contribution in [0.4, 0.5) is 0 Å². The first-order chi connectivity index (χ1) is 9.04. The molecule has 0 aromatic carbocycles. The highest BCUT2D eigenvalue weighted by molar-refractivity contribution is 5.16. The van der Waals surface area contributed by atoms with Crippen LogP contribution in [-0.2, 0) is 22.6 Å². The van der Waals surface area contributed by atoms with E-state index in [4.69, 9.17) is 13.9 Å². The van der Waals surface area contributed by atoms with Gasteiger partial charge in [0, 0.05) is 23.6 Å². The van der Waals surface area contributed by atoms with E-state index in [0.29, 0.717) is 12.5 Å². The first-order valence-corrected chi connectivity index (χ1v) is 7.00. The molecule has 1 atom stereocenters. The van der Waals surface area contributed by atoms with Crippen LogP contribution in [0.1, 0.15) is 38.5 Å². The first-order valence-electron chi connectivity index (χ1n) is 7.00. The lowest BCUT2D eigenvalue weighted by molar-refractivity contribution is 0.0782. The second kappa shape index (κ2) is 6.55. The van der Waals surface area contributed by atoms with Crippen LogP contribution < -0.4 is 5.32 Å². The SMILES string of the molecule is CC(C)(C)NCc1occc1COCC1CCOC1. The third-order valence-corrected chi connectivity index (χ3v) is 3.25. The van der Waals surface area contributed by atoms with E-state index < -0.39 is 0 Å². The molecule has 4 heteroatoms. The van der Waals surface area contributed by atoms with Crippen LogP contribution in [0.25, 0.3) is 0 Å². The molecule has 2 heterocycles. The summed E-state index contributed by atoms with van der Waals surface area (Å²) in [6, 6.07) is 1.99. The van der Waals surface area contributed by atoms with Gasteiger partial charge in [-0.15, -0.1) is 0 Å². The van der Waals surface area contributed by atoms with Crippen molar-refractivity contribution in [2.75, 3.05) is 19.8 Å². The van der Waals surface area contributed by atoms with Crippen LogP contribution >= 0.6 is 0 Å². The molecule has 0 aliphatic carbocycles. The Balaban J connectivity index is 1.75. The molecule has 1 N–H and O–H groups in total. The summed E-state index contributed by atoms with van der Waals surface area (Å²) in [7, 11) is 0. The van der Waals surface area contributed by atoms with E-state index >= 15 is 0 Å². The van der Waals surface area contributed by atoms with Crippen LogP contribution in [-0.4, -0.2) is 25.4 Å². The maximum absolute atomic E-state index is 5.77. The molecule has 0 spiro atoms. The van der Waals surface area contributed by atoms with Gasteiger partial charge in [-0.25, -0.2) is 0 Å². The van der Waals surface area contributed by atoms with Crippen LogP contribution in [0.15, 0.2) is 16.7 Å². The number of ether oxygens (including phenoxy) is 2. The fraction of sp³-hybridized carbons (Fsp3) is 0.733. The minimum absolute atomic E-state index is 0.0894. The van der Waals surface area contributed by atoms with Gasteiger partial charge in [-0.05, 0) is 33.3 Å². The molecule has 1 aliphatic rings. The fourth-order valence-corrected chi connectivity index (χ4v) is 2.05. The van der Waals surface area contributed by atoms with Crippen LogP contribution in [0.2, 0.25) is 0 Å². The second-order valence-electron chi connectivity index (χ2n) is 6.22. The zero-order chi connectivity index (χ0) is 13.7. The summed E-state index contributed by atoms with van der Waals surface area (Å²) in [6.45, 7) is 10.3. The molecule has 0 saturated carbocycles. The number of hydrogen-bond acceptors (Lipinski definition) is 4. The summed E-state index contributed by atoms with van der Waals surface area (Å²) < 4.78 is 16.6. The summed E-state index contributed by atoms with van der Waals surface area (Å²) in [5.41, 5.74) is 1.22. The van der Waals surface area contributed by atoms with E-state index in [1.54, 1.807) is 6.26 Å². The predicted molar refractivity (Wildman–Crippen MR) is 73.9 cm³/mol. The van der Waals surface area contributed by atoms with Crippen molar-refractivity contribution in [3.63, 3.8) is 0 Å². The van der Waals surface area contributed by atoms with Gasteiger partial charge in [-0.3, -0.25) is 0 Å². The first kappa shape index (κ1) is 14.6. The predicted octanol–water partition coefficient (Wildman–Crippen LogP) is 2.72. The number of furan rings is 1. The van der Waals surface area contributed by atoms with Crippen molar-refractivity contribution < 1.29 is 13.9 Å². The Morgan fingerprint density at radius 2 is 2.26 bits per heavy atom. The van der Waals surface area contributed by atoms with Crippen molar-refractivity contribution in [2.24, 2.45) is 5.92 Å². The third kappa shape index (κ3) is 4.97. The van der Waals surface area contributed by atoms with Crippen molar-refractivity contribution in [3.8, 4) is 0 Å². The lowest BCUT2D eigenvalue weighted by atomic mass is 10.1. The smallest absolute Gasteiger partial charge is 0.123 e. The van der Waals surface area contributed by atoms with E-state index in [1.165, 1.54) is 0 Å². The Hall–Kier alpha value is -0.840. The average Bonchev–Trinajstić information content (AvgIpc) is 2.96. The quantitative estimate of drug-likeness (QED) is 0.860. The molecule has 0 amide bonds. The Morgan fingerprint density at radius 1 is 1.42 bits per heavy atom. The molecule has 2 rings (SSSR count). The minimum Gasteiger partial charge on any atom is -0.468 e. The monoisotopic (exact) mass is 267 g/mol. The van der Waals surface area contributed by atoms with Crippen LogP contribution in [0.5, 0.6) is 0 Å². The van der Waals surface area contributed by atoms with Crippen molar-refractivity contribution in [3.05, 3.63) is 23.7 Å². The van der Waals surface area contributed by atoms with Crippen molar-refractivity contribution >= 4 is 0 Å². The van der Waals surface area contributed by atoms with Crippen LogP contribution in [0, 0.1) is 5.92 Å². The molecule has 108 valence electrons. The van der Waals surface area contributed by atoms with Gasteiger partial charge in [0.1, 0.15) is 5.76 Å². The molecule has 1 aromatic rings. The third-order valence-electron chi connectivity index (χ3n) is 3.25. The summed E-state index contributed by atoms with van der Waals surface area (Å²) in [5, 5.41) is 3.43. The van der Waals surface area contributed by atoms with Gasteiger partial charge in [0.2, 0.25) is 0 Å². The van der Waals surface area contributed by atoms with Gasteiger partial charge in [0.05, 0.1) is 32.6 Å². The second-order valence-corrected chi connectivity index (χ2v) is 6.22. The molecule has 1 aromatic heterocycles. The van der Waals surface area contributed by atoms with Gasteiger partial charge in [-0.1, -0.05) is 0 Å². The zero-order valence-corrected chi connectivity index (χ0v) is 12.2. The summed E-state index contributed by atoms with van der Waals surface area (Å²) in [4.78, 5) is 0. The number of nitrogens with one attached hydrogen (secondary N) is 1. The van der Waals surface area contributed by atoms with Crippen molar-refractivity contribution in [1.29, 1.82) is 0 Å². The lowest BCUT2D eigenvalue weighted by Crippen LogP contribution is -2.35. The Labute approximate surface area is 115 Å². The van der Waals surface area contributed by atoms with E-state index in [9.17, 15) is 0 Å². The zero-order valence-electron chi connectivity index (χ0n) is 12.2. The molecule has 4 nitrogen and oxygen atoms in total.